The molecule has 0 aliphatic carbocycles. The summed E-state index contributed by atoms with van der Waals surface area (Å²) in [5.74, 6) is 0. The standard InChI is InChI=1S/C9H9F6N/c1-3-4-6(9(13,14)15)7(16)5(2)8(10,11)12/h3-4H,1,16H2,2H3/b6-4+,7-5-. The van der Waals surface area contributed by atoms with Gasteiger partial charge in [0.15, 0.2) is 0 Å². The van der Waals surface area contributed by atoms with Crippen LogP contribution in [0.3, 0.4) is 0 Å². The van der Waals surface area contributed by atoms with Crippen LogP contribution in [-0.4, -0.2) is 12.4 Å². The minimum absolute atomic E-state index is 0.393. The minimum atomic E-state index is -4.95. The molecule has 0 bridgehead atoms. The summed E-state index contributed by atoms with van der Waals surface area (Å²) in [6, 6.07) is 0. The number of hydrogen-bond donors (Lipinski definition) is 1. The van der Waals surface area contributed by atoms with Crippen molar-refractivity contribution in [3.05, 3.63) is 35.6 Å². The van der Waals surface area contributed by atoms with Crippen molar-refractivity contribution in [3.8, 4) is 0 Å². The van der Waals surface area contributed by atoms with Gasteiger partial charge < -0.3 is 5.73 Å². The van der Waals surface area contributed by atoms with Gasteiger partial charge in [0.05, 0.1) is 16.8 Å². The summed E-state index contributed by atoms with van der Waals surface area (Å²) in [5.41, 5.74) is 0.450. The van der Waals surface area contributed by atoms with Gasteiger partial charge in [0.25, 0.3) is 0 Å². The summed E-state index contributed by atoms with van der Waals surface area (Å²) < 4.78 is 73.3. The van der Waals surface area contributed by atoms with Crippen LogP contribution in [-0.2, 0) is 0 Å². The lowest BCUT2D eigenvalue weighted by Crippen LogP contribution is -2.23. The maximum absolute atomic E-state index is 12.3. The molecule has 2 N–H and O–H groups in total. The van der Waals surface area contributed by atoms with E-state index in [0.29, 0.717) is 13.0 Å². The van der Waals surface area contributed by atoms with Gasteiger partial charge in [-0.05, 0) is 13.0 Å². The Labute approximate surface area is 87.9 Å². The van der Waals surface area contributed by atoms with Crippen molar-refractivity contribution in [1.29, 1.82) is 0 Å². The predicted octanol–water partition coefficient (Wildman–Crippen LogP) is 3.46. The van der Waals surface area contributed by atoms with Crippen molar-refractivity contribution in [2.45, 2.75) is 19.3 Å². The summed E-state index contributed by atoms with van der Waals surface area (Å²) >= 11 is 0. The lowest BCUT2D eigenvalue weighted by molar-refractivity contribution is -0.0971. The molecule has 0 saturated carbocycles. The van der Waals surface area contributed by atoms with Crippen molar-refractivity contribution < 1.29 is 26.3 Å². The average molecular weight is 245 g/mol. The normalized spacial score (nSPS) is 15.8. The zero-order valence-electron chi connectivity index (χ0n) is 8.21. The third kappa shape index (κ3) is 3.63. The van der Waals surface area contributed by atoms with E-state index in [4.69, 9.17) is 5.73 Å². The first-order chi connectivity index (χ1) is 7.01. The highest BCUT2D eigenvalue weighted by atomic mass is 19.4. The van der Waals surface area contributed by atoms with Crippen LogP contribution in [0.1, 0.15) is 6.92 Å². The summed E-state index contributed by atoms with van der Waals surface area (Å²) in [4.78, 5) is 0. The average Bonchev–Trinajstić information content (AvgIpc) is 2.08. The fraction of sp³-hybridized carbons (Fsp3) is 0.333. The Balaban J connectivity index is 5.61. The molecule has 0 aliphatic heterocycles. The Kier molecular flexibility index (Phi) is 4.22. The van der Waals surface area contributed by atoms with Gasteiger partial charge in [-0.15, -0.1) is 0 Å². The van der Waals surface area contributed by atoms with Gasteiger partial charge in [0.1, 0.15) is 0 Å². The molecule has 1 nitrogen and oxygen atoms in total. The maximum Gasteiger partial charge on any atom is 0.418 e. The molecule has 0 amide bonds. The molecular weight excluding hydrogens is 236 g/mol. The molecule has 0 spiro atoms. The van der Waals surface area contributed by atoms with Crippen molar-refractivity contribution in [2.24, 2.45) is 5.73 Å². The van der Waals surface area contributed by atoms with Gasteiger partial charge in [-0.25, -0.2) is 0 Å². The molecule has 0 aromatic rings. The van der Waals surface area contributed by atoms with Crippen LogP contribution < -0.4 is 5.73 Å². The van der Waals surface area contributed by atoms with E-state index in [2.05, 4.69) is 6.58 Å². The maximum atomic E-state index is 12.3. The van der Waals surface area contributed by atoms with Crippen LogP contribution in [0.4, 0.5) is 26.3 Å². The highest BCUT2D eigenvalue weighted by Gasteiger charge is 2.40. The van der Waals surface area contributed by atoms with Crippen LogP contribution in [0, 0.1) is 0 Å². The Morgan fingerprint density at radius 2 is 1.50 bits per heavy atom. The van der Waals surface area contributed by atoms with E-state index >= 15 is 0 Å². The second-order valence-electron chi connectivity index (χ2n) is 2.85. The van der Waals surface area contributed by atoms with Crippen molar-refractivity contribution in [1.82, 2.24) is 0 Å². The van der Waals surface area contributed by atoms with Crippen LogP contribution in [0.25, 0.3) is 0 Å². The quantitative estimate of drug-likeness (QED) is 0.585. The third-order valence-corrected chi connectivity index (χ3v) is 1.71. The molecular formula is C9H9F6N. The number of rotatable bonds is 2. The molecule has 0 saturated heterocycles. The van der Waals surface area contributed by atoms with E-state index < -0.39 is 29.2 Å². The molecule has 0 rings (SSSR count). The van der Waals surface area contributed by atoms with E-state index in [9.17, 15) is 26.3 Å². The summed E-state index contributed by atoms with van der Waals surface area (Å²) in [5, 5.41) is 0. The first kappa shape index (κ1) is 14.6. The topological polar surface area (TPSA) is 26.0 Å². The summed E-state index contributed by atoms with van der Waals surface area (Å²) in [6.07, 6.45) is -8.73. The van der Waals surface area contributed by atoms with E-state index in [1.807, 2.05) is 0 Å². The SMILES string of the molecule is C=C/C=C(\C(N)=C(/C)C(F)(F)F)C(F)(F)F. The molecule has 0 fully saturated rings. The Morgan fingerprint density at radius 3 is 1.75 bits per heavy atom. The number of allylic oxidation sites excluding steroid dienone is 4. The second-order valence-corrected chi connectivity index (χ2v) is 2.85. The summed E-state index contributed by atoms with van der Waals surface area (Å²) in [7, 11) is 0. The summed E-state index contributed by atoms with van der Waals surface area (Å²) in [6.45, 7) is 3.47. The predicted molar refractivity (Wildman–Crippen MR) is 47.3 cm³/mol. The molecule has 92 valence electrons. The molecule has 0 aliphatic rings. The lowest BCUT2D eigenvalue weighted by atomic mass is 10.1. The molecule has 0 aromatic carbocycles. The second kappa shape index (κ2) is 4.63. The van der Waals surface area contributed by atoms with Gasteiger partial charge in [0.2, 0.25) is 0 Å². The fourth-order valence-corrected chi connectivity index (χ4v) is 0.810. The van der Waals surface area contributed by atoms with Crippen LogP contribution in [0.2, 0.25) is 0 Å². The molecule has 0 radical (unpaired) electrons. The number of halogens is 6. The van der Waals surface area contributed by atoms with Crippen LogP contribution in [0.15, 0.2) is 35.6 Å². The zero-order chi connectivity index (χ0) is 13.1. The molecule has 0 heterocycles. The van der Waals surface area contributed by atoms with Crippen LogP contribution in [0.5, 0.6) is 0 Å². The van der Waals surface area contributed by atoms with E-state index in [0.717, 1.165) is 6.08 Å². The van der Waals surface area contributed by atoms with Crippen molar-refractivity contribution in [2.75, 3.05) is 0 Å². The first-order valence-electron chi connectivity index (χ1n) is 3.95. The smallest absolute Gasteiger partial charge is 0.398 e. The Bertz CT molecular complexity index is 331. The lowest BCUT2D eigenvalue weighted by Gasteiger charge is -2.16. The van der Waals surface area contributed by atoms with E-state index in [1.54, 1.807) is 0 Å². The van der Waals surface area contributed by atoms with E-state index in [1.165, 1.54) is 0 Å². The number of alkyl halides is 6. The highest BCUT2D eigenvalue weighted by molar-refractivity contribution is 5.39. The molecule has 0 atom stereocenters. The number of hydrogen-bond acceptors (Lipinski definition) is 1. The van der Waals surface area contributed by atoms with Crippen molar-refractivity contribution >= 4 is 0 Å². The molecule has 16 heavy (non-hydrogen) atoms. The Hall–Kier alpha value is -1.40. The van der Waals surface area contributed by atoms with Gasteiger partial charge in [-0.1, -0.05) is 12.7 Å². The van der Waals surface area contributed by atoms with Gasteiger partial charge >= 0.3 is 12.4 Å². The highest BCUT2D eigenvalue weighted by Crippen LogP contribution is 2.35. The zero-order valence-corrected chi connectivity index (χ0v) is 8.21. The minimum Gasteiger partial charge on any atom is -0.398 e. The van der Waals surface area contributed by atoms with E-state index in [-0.39, 0.29) is 0 Å². The Morgan fingerprint density at radius 1 is 1.06 bits per heavy atom. The fourth-order valence-electron chi connectivity index (χ4n) is 0.810. The number of nitrogens with two attached hydrogens (primary N) is 1. The monoisotopic (exact) mass is 245 g/mol. The van der Waals surface area contributed by atoms with Gasteiger partial charge in [-0.2, -0.15) is 26.3 Å². The third-order valence-electron chi connectivity index (χ3n) is 1.71. The molecule has 0 unspecified atom stereocenters. The molecule has 7 heteroatoms. The van der Waals surface area contributed by atoms with Gasteiger partial charge in [0, 0.05) is 0 Å². The van der Waals surface area contributed by atoms with Crippen molar-refractivity contribution in [3.63, 3.8) is 0 Å². The van der Waals surface area contributed by atoms with Crippen LogP contribution >= 0.6 is 0 Å². The molecule has 0 aromatic heterocycles. The first-order valence-corrected chi connectivity index (χ1v) is 3.95. The van der Waals surface area contributed by atoms with Gasteiger partial charge in [-0.3, -0.25) is 0 Å². The largest absolute Gasteiger partial charge is 0.418 e.